The van der Waals surface area contributed by atoms with Gasteiger partial charge in [-0.15, -0.1) is 0 Å². The molecular formula is C10H20N2OS2. The van der Waals surface area contributed by atoms with Crippen LogP contribution in [0, 0.1) is 0 Å². The zero-order valence-electron chi connectivity index (χ0n) is 9.41. The lowest BCUT2D eigenvalue weighted by molar-refractivity contribution is -0.121. The first-order chi connectivity index (χ1) is 7.22. The third-order valence-corrected chi connectivity index (χ3v) is 4.52. The molecule has 0 unspecified atom stereocenters. The minimum Gasteiger partial charge on any atom is -0.355 e. The Morgan fingerprint density at radius 1 is 1.73 bits per heavy atom. The van der Waals surface area contributed by atoms with E-state index in [1.54, 1.807) is 11.8 Å². The molecule has 0 bridgehead atoms. The van der Waals surface area contributed by atoms with Crippen LogP contribution in [-0.2, 0) is 4.79 Å². The van der Waals surface area contributed by atoms with E-state index in [0.29, 0.717) is 17.7 Å². The molecule has 0 saturated carbocycles. The van der Waals surface area contributed by atoms with E-state index in [2.05, 4.69) is 23.8 Å². The Balaban J connectivity index is 2.11. The molecule has 2 atom stereocenters. The lowest BCUT2D eigenvalue weighted by Crippen LogP contribution is -2.42. The summed E-state index contributed by atoms with van der Waals surface area (Å²) >= 11 is 3.71. The highest BCUT2D eigenvalue weighted by Gasteiger charge is 2.16. The van der Waals surface area contributed by atoms with Gasteiger partial charge in [-0.1, -0.05) is 6.92 Å². The smallest absolute Gasteiger partial charge is 0.221 e. The van der Waals surface area contributed by atoms with Crippen LogP contribution in [0.3, 0.4) is 0 Å². The molecule has 1 aliphatic rings. The first kappa shape index (κ1) is 13.2. The van der Waals surface area contributed by atoms with Crippen molar-refractivity contribution in [3.05, 3.63) is 0 Å². The van der Waals surface area contributed by atoms with Crippen molar-refractivity contribution in [3.63, 3.8) is 0 Å². The third kappa shape index (κ3) is 5.68. The highest BCUT2D eigenvalue weighted by molar-refractivity contribution is 7.99. The summed E-state index contributed by atoms with van der Waals surface area (Å²) in [6, 6.07) is 0.369. The number of nitrogens with one attached hydrogen (secondary N) is 2. The van der Waals surface area contributed by atoms with Crippen molar-refractivity contribution in [1.82, 2.24) is 10.6 Å². The van der Waals surface area contributed by atoms with Crippen LogP contribution in [0.2, 0.25) is 0 Å². The predicted octanol–water partition coefficient (Wildman–Crippen LogP) is 0.949. The van der Waals surface area contributed by atoms with E-state index in [0.717, 1.165) is 18.8 Å². The minimum atomic E-state index is 0.177. The van der Waals surface area contributed by atoms with Crippen molar-refractivity contribution < 1.29 is 4.79 Å². The Labute approximate surface area is 101 Å². The number of carbonyl (C=O) groups excluding carboxylic acids is 1. The number of hydrogen-bond acceptors (Lipinski definition) is 4. The van der Waals surface area contributed by atoms with E-state index in [9.17, 15) is 4.79 Å². The van der Waals surface area contributed by atoms with Gasteiger partial charge in [0, 0.05) is 42.3 Å². The Morgan fingerprint density at radius 2 is 2.53 bits per heavy atom. The molecule has 1 fully saturated rings. The second-order valence-electron chi connectivity index (χ2n) is 3.78. The van der Waals surface area contributed by atoms with Gasteiger partial charge >= 0.3 is 0 Å². The summed E-state index contributed by atoms with van der Waals surface area (Å²) in [6.45, 7) is 3.93. The summed E-state index contributed by atoms with van der Waals surface area (Å²) in [5.41, 5.74) is 0. The molecule has 0 radical (unpaired) electrons. The van der Waals surface area contributed by atoms with Gasteiger partial charge < -0.3 is 10.6 Å². The van der Waals surface area contributed by atoms with Crippen LogP contribution in [0.15, 0.2) is 0 Å². The maximum atomic E-state index is 11.6. The second-order valence-corrected chi connectivity index (χ2v) is 6.21. The third-order valence-electron chi connectivity index (χ3n) is 2.42. The lowest BCUT2D eigenvalue weighted by atomic mass is 10.2. The first-order valence-corrected chi connectivity index (χ1v) is 7.77. The quantitative estimate of drug-likeness (QED) is 0.760. The molecule has 88 valence electrons. The summed E-state index contributed by atoms with van der Waals surface area (Å²) < 4.78 is 0. The van der Waals surface area contributed by atoms with Crippen molar-refractivity contribution >= 4 is 29.4 Å². The van der Waals surface area contributed by atoms with Gasteiger partial charge in [0.1, 0.15) is 0 Å². The fourth-order valence-corrected chi connectivity index (χ4v) is 2.59. The van der Waals surface area contributed by atoms with Gasteiger partial charge in [-0.25, -0.2) is 0 Å². The van der Waals surface area contributed by atoms with Gasteiger partial charge in [-0.05, 0) is 6.26 Å². The zero-order valence-corrected chi connectivity index (χ0v) is 11.0. The SMILES string of the molecule is CS[C@H](C)CNC(=O)C[C@H]1CSCCN1. The van der Waals surface area contributed by atoms with Crippen LogP contribution in [-0.4, -0.2) is 48.0 Å². The van der Waals surface area contributed by atoms with Gasteiger partial charge in [-0.2, -0.15) is 23.5 Å². The topological polar surface area (TPSA) is 41.1 Å². The van der Waals surface area contributed by atoms with Gasteiger partial charge in [0.25, 0.3) is 0 Å². The molecule has 1 aliphatic heterocycles. The van der Waals surface area contributed by atoms with Crippen LogP contribution < -0.4 is 10.6 Å². The first-order valence-electron chi connectivity index (χ1n) is 5.33. The number of rotatable bonds is 5. The number of amides is 1. The van der Waals surface area contributed by atoms with E-state index < -0.39 is 0 Å². The second kappa shape index (κ2) is 7.41. The Kier molecular flexibility index (Phi) is 6.52. The highest BCUT2D eigenvalue weighted by Crippen LogP contribution is 2.10. The molecule has 15 heavy (non-hydrogen) atoms. The van der Waals surface area contributed by atoms with Crippen molar-refractivity contribution in [3.8, 4) is 0 Å². The molecule has 0 aromatic heterocycles. The fourth-order valence-electron chi connectivity index (χ4n) is 1.39. The normalized spacial score (nSPS) is 23.5. The maximum Gasteiger partial charge on any atom is 0.221 e. The number of carbonyl (C=O) groups is 1. The van der Waals surface area contributed by atoms with Crippen LogP contribution in [0.4, 0.5) is 0 Å². The molecule has 0 aromatic carbocycles. The molecule has 5 heteroatoms. The molecule has 2 N–H and O–H groups in total. The molecular weight excluding hydrogens is 228 g/mol. The molecule has 1 amide bonds. The molecule has 3 nitrogen and oxygen atoms in total. The number of thioether (sulfide) groups is 2. The monoisotopic (exact) mass is 248 g/mol. The lowest BCUT2D eigenvalue weighted by Gasteiger charge is -2.22. The van der Waals surface area contributed by atoms with E-state index in [1.807, 2.05) is 11.8 Å². The Bertz CT molecular complexity index is 196. The summed E-state index contributed by atoms with van der Waals surface area (Å²) in [7, 11) is 0. The fraction of sp³-hybridized carbons (Fsp3) is 0.900. The van der Waals surface area contributed by atoms with Crippen molar-refractivity contribution in [2.75, 3.05) is 30.9 Å². The Hall–Kier alpha value is 0.130. The highest BCUT2D eigenvalue weighted by atomic mass is 32.2. The van der Waals surface area contributed by atoms with Crippen LogP contribution in [0.1, 0.15) is 13.3 Å². The van der Waals surface area contributed by atoms with Gasteiger partial charge in [0.05, 0.1) is 0 Å². The van der Waals surface area contributed by atoms with E-state index in [-0.39, 0.29) is 5.91 Å². The van der Waals surface area contributed by atoms with Crippen LogP contribution in [0.25, 0.3) is 0 Å². The molecule has 1 heterocycles. The minimum absolute atomic E-state index is 0.177. The van der Waals surface area contributed by atoms with Crippen LogP contribution in [0.5, 0.6) is 0 Å². The van der Waals surface area contributed by atoms with Crippen molar-refractivity contribution in [1.29, 1.82) is 0 Å². The van der Waals surface area contributed by atoms with E-state index >= 15 is 0 Å². The van der Waals surface area contributed by atoms with Crippen molar-refractivity contribution in [2.24, 2.45) is 0 Å². The average molecular weight is 248 g/mol. The average Bonchev–Trinajstić information content (AvgIpc) is 2.27. The molecule has 1 saturated heterocycles. The Morgan fingerprint density at radius 3 is 3.13 bits per heavy atom. The largest absolute Gasteiger partial charge is 0.355 e. The standard InChI is InChI=1S/C10H20N2OS2/c1-8(14-2)6-12-10(13)5-9-7-15-4-3-11-9/h8-9,11H,3-7H2,1-2H3,(H,12,13)/t8-,9+/m1/s1. The van der Waals surface area contributed by atoms with Gasteiger partial charge in [0.15, 0.2) is 0 Å². The zero-order chi connectivity index (χ0) is 11.1. The summed E-state index contributed by atoms with van der Waals surface area (Å²) in [5.74, 6) is 2.41. The van der Waals surface area contributed by atoms with Gasteiger partial charge in [0.2, 0.25) is 5.91 Å². The molecule has 0 spiro atoms. The van der Waals surface area contributed by atoms with E-state index in [1.165, 1.54) is 5.75 Å². The predicted molar refractivity (Wildman–Crippen MR) is 69.7 cm³/mol. The van der Waals surface area contributed by atoms with Gasteiger partial charge in [-0.3, -0.25) is 4.79 Å². The summed E-state index contributed by atoms with van der Waals surface area (Å²) in [5, 5.41) is 6.84. The summed E-state index contributed by atoms with van der Waals surface area (Å²) in [4.78, 5) is 11.6. The maximum absolute atomic E-state index is 11.6. The molecule has 0 aromatic rings. The summed E-state index contributed by atoms with van der Waals surface area (Å²) in [6.07, 6.45) is 2.68. The van der Waals surface area contributed by atoms with Crippen molar-refractivity contribution in [2.45, 2.75) is 24.6 Å². The van der Waals surface area contributed by atoms with Crippen LogP contribution >= 0.6 is 23.5 Å². The van der Waals surface area contributed by atoms with E-state index in [4.69, 9.17) is 0 Å². The molecule has 0 aliphatic carbocycles. The molecule has 1 rings (SSSR count). The number of hydrogen-bond donors (Lipinski definition) is 2.